The van der Waals surface area contributed by atoms with Crippen LogP contribution in [0.4, 0.5) is 26.3 Å². The summed E-state index contributed by atoms with van der Waals surface area (Å²) in [5.41, 5.74) is -0.416. The number of fused-ring (bicyclic) bond motifs is 1. The van der Waals surface area contributed by atoms with Crippen LogP contribution in [0.25, 0.3) is 10.8 Å². The van der Waals surface area contributed by atoms with Gasteiger partial charge in [0.2, 0.25) is 0 Å². The average Bonchev–Trinajstić information content (AvgIpc) is 2.85. The monoisotopic (exact) mass is 488 g/mol. The lowest BCUT2D eigenvalue weighted by molar-refractivity contribution is 0.293. The van der Waals surface area contributed by atoms with E-state index in [0.29, 0.717) is 18.8 Å². The van der Waals surface area contributed by atoms with Gasteiger partial charge in [-0.25, -0.2) is 26.3 Å². The lowest BCUT2D eigenvalue weighted by Crippen LogP contribution is -2.16. The smallest absolute Gasteiger partial charge is 0.195 e. The molecule has 0 aromatic heterocycles. The fraction of sp³-hybridized carbons (Fsp3) is 0.379. The van der Waals surface area contributed by atoms with Crippen LogP contribution in [0.1, 0.15) is 80.9 Å². The Labute approximate surface area is 201 Å². The average molecular weight is 489 g/mol. The Morgan fingerprint density at radius 2 is 1.49 bits per heavy atom. The quantitative estimate of drug-likeness (QED) is 0.111. The van der Waals surface area contributed by atoms with Crippen LogP contribution in [0.3, 0.4) is 0 Å². The van der Waals surface area contributed by atoms with Gasteiger partial charge in [-0.2, -0.15) is 0 Å². The number of unbranched alkanes of at least 4 members (excludes halogenated alkanes) is 2. The third-order valence-electron chi connectivity index (χ3n) is 6.98. The number of rotatable bonds is 5. The first-order valence-corrected chi connectivity index (χ1v) is 12.1. The molecule has 0 aliphatic heterocycles. The van der Waals surface area contributed by atoms with Crippen LogP contribution >= 0.6 is 0 Å². The molecule has 3 aromatic rings. The van der Waals surface area contributed by atoms with Gasteiger partial charge in [-0.1, -0.05) is 50.5 Å². The molecule has 1 aliphatic rings. The van der Waals surface area contributed by atoms with Gasteiger partial charge >= 0.3 is 0 Å². The highest BCUT2D eigenvalue weighted by molar-refractivity contribution is 5.84. The second kappa shape index (κ2) is 10.8. The van der Waals surface area contributed by atoms with Crippen molar-refractivity contribution in [2.45, 2.75) is 64.2 Å². The maximum Gasteiger partial charge on any atom is 0.195 e. The number of hydrogen-bond donors (Lipinski definition) is 0. The van der Waals surface area contributed by atoms with Crippen LogP contribution in [-0.4, -0.2) is 0 Å². The summed E-state index contributed by atoms with van der Waals surface area (Å²) in [4.78, 5) is 0. The maximum absolute atomic E-state index is 14.9. The fourth-order valence-corrected chi connectivity index (χ4v) is 5.02. The minimum absolute atomic E-state index is 0.0617. The molecule has 6 heteroatoms. The van der Waals surface area contributed by atoms with Gasteiger partial charge in [0.25, 0.3) is 0 Å². The molecular weight excluding hydrogens is 462 g/mol. The Balaban J connectivity index is 1.55. The summed E-state index contributed by atoms with van der Waals surface area (Å²) in [5, 5.41) is -0.0752. The van der Waals surface area contributed by atoms with Gasteiger partial charge in [0, 0.05) is 16.5 Å². The lowest BCUT2D eigenvalue weighted by Gasteiger charge is -2.29. The van der Waals surface area contributed by atoms with Crippen LogP contribution in [0.15, 0.2) is 30.3 Å². The van der Waals surface area contributed by atoms with Crippen LogP contribution in [-0.2, 0) is 0 Å². The standard InChI is InChI=1S/C29H26F6/c1-2-3-4-5-17-6-10-19(11-7-17)25-23(30)15-20(26(32)29(25)35)12-8-18-9-13-22-21(14-18)16-24(31)28(34)27(22)33/h9,13-17,19H,2-7,10-11H2,1H3. The Morgan fingerprint density at radius 3 is 2.20 bits per heavy atom. The summed E-state index contributed by atoms with van der Waals surface area (Å²) in [6, 6.07) is 5.59. The van der Waals surface area contributed by atoms with Crippen molar-refractivity contribution >= 4 is 10.8 Å². The molecule has 1 aliphatic carbocycles. The molecular formula is C29H26F6. The predicted octanol–water partition coefficient (Wildman–Crippen LogP) is 8.93. The van der Waals surface area contributed by atoms with Crippen molar-refractivity contribution in [3.05, 3.63) is 81.9 Å². The van der Waals surface area contributed by atoms with E-state index >= 15 is 0 Å². The summed E-state index contributed by atoms with van der Waals surface area (Å²) in [6.07, 6.45) is 7.62. The maximum atomic E-state index is 14.9. The van der Waals surface area contributed by atoms with E-state index in [1.54, 1.807) is 0 Å². The zero-order valence-corrected chi connectivity index (χ0v) is 19.5. The summed E-state index contributed by atoms with van der Waals surface area (Å²) < 4.78 is 85.4. The van der Waals surface area contributed by atoms with Gasteiger partial charge in [0.15, 0.2) is 29.1 Å². The zero-order valence-electron chi connectivity index (χ0n) is 19.5. The van der Waals surface area contributed by atoms with E-state index in [1.165, 1.54) is 24.6 Å². The molecule has 0 heterocycles. The first kappa shape index (κ1) is 25.2. The zero-order chi connectivity index (χ0) is 25.1. The molecule has 0 saturated heterocycles. The van der Waals surface area contributed by atoms with E-state index in [0.717, 1.165) is 44.2 Å². The van der Waals surface area contributed by atoms with Crippen molar-refractivity contribution in [3.63, 3.8) is 0 Å². The number of halogens is 6. The van der Waals surface area contributed by atoms with E-state index in [-0.39, 0.29) is 27.8 Å². The molecule has 0 spiro atoms. The molecule has 0 atom stereocenters. The third kappa shape index (κ3) is 5.34. The molecule has 0 radical (unpaired) electrons. The van der Waals surface area contributed by atoms with E-state index < -0.39 is 40.5 Å². The van der Waals surface area contributed by atoms with Crippen molar-refractivity contribution in [1.29, 1.82) is 0 Å². The first-order valence-electron chi connectivity index (χ1n) is 12.1. The highest BCUT2D eigenvalue weighted by Crippen LogP contribution is 2.40. The lowest BCUT2D eigenvalue weighted by atomic mass is 9.76. The largest absolute Gasteiger partial charge is 0.207 e. The molecule has 1 saturated carbocycles. The fourth-order valence-electron chi connectivity index (χ4n) is 5.02. The van der Waals surface area contributed by atoms with Crippen LogP contribution in [0, 0.1) is 52.7 Å². The Morgan fingerprint density at radius 1 is 0.743 bits per heavy atom. The van der Waals surface area contributed by atoms with Crippen molar-refractivity contribution in [2.75, 3.05) is 0 Å². The van der Waals surface area contributed by atoms with E-state index in [4.69, 9.17) is 0 Å². The molecule has 0 bridgehead atoms. The predicted molar refractivity (Wildman–Crippen MR) is 125 cm³/mol. The minimum atomic E-state index is -1.57. The summed E-state index contributed by atoms with van der Waals surface area (Å²) in [5.74, 6) is -2.30. The number of hydrogen-bond acceptors (Lipinski definition) is 0. The SMILES string of the molecule is CCCCCC1CCC(c2c(F)cc(C#Cc3ccc4c(F)c(F)c(F)cc4c3)c(F)c2F)CC1. The summed E-state index contributed by atoms with van der Waals surface area (Å²) in [6.45, 7) is 2.15. The summed E-state index contributed by atoms with van der Waals surface area (Å²) in [7, 11) is 0. The van der Waals surface area contributed by atoms with Crippen molar-refractivity contribution in [1.82, 2.24) is 0 Å². The van der Waals surface area contributed by atoms with Crippen LogP contribution in [0.5, 0.6) is 0 Å². The summed E-state index contributed by atoms with van der Waals surface area (Å²) >= 11 is 0. The Hall–Kier alpha value is -2.94. The molecule has 184 valence electrons. The van der Waals surface area contributed by atoms with E-state index in [9.17, 15) is 26.3 Å². The Bertz CT molecular complexity index is 1290. The second-order valence-electron chi connectivity index (χ2n) is 9.33. The van der Waals surface area contributed by atoms with Crippen molar-refractivity contribution < 1.29 is 26.3 Å². The highest BCUT2D eigenvalue weighted by atomic mass is 19.2. The van der Waals surface area contributed by atoms with Gasteiger partial charge < -0.3 is 0 Å². The Kier molecular flexibility index (Phi) is 7.74. The second-order valence-corrected chi connectivity index (χ2v) is 9.33. The number of benzene rings is 3. The highest BCUT2D eigenvalue weighted by Gasteiger charge is 2.29. The molecule has 0 N–H and O–H groups in total. The molecule has 0 unspecified atom stereocenters. The first-order chi connectivity index (χ1) is 16.8. The van der Waals surface area contributed by atoms with E-state index in [2.05, 4.69) is 18.8 Å². The van der Waals surface area contributed by atoms with Gasteiger partial charge in [0.1, 0.15) is 5.82 Å². The van der Waals surface area contributed by atoms with Gasteiger partial charge in [-0.15, -0.1) is 0 Å². The van der Waals surface area contributed by atoms with E-state index in [1.807, 2.05) is 0 Å². The van der Waals surface area contributed by atoms with Gasteiger partial charge in [-0.05, 0) is 67.2 Å². The molecule has 1 fully saturated rings. The normalized spacial score (nSPS) is 17.9. The van der Waals surface area contributed by atoms with Crippen LogP contribution < -0.4 is 0 Å². The molecule has 35 heavy (non-hydrogen) atoms. The van der Waals surface area contributed by atoms with Crippen molar-refractivity contribution in [3.8, 4) is 11.8 Å². The molecule has 4 rings (SSSR count). The van der Waals surface area contributed by atoms with Crippen LogP contribution in [0.2, 0.25) is 0 Å². The molecule has 0 amide bonds. The van der Waals surface area contributed by atoms with Crippen molar-refractivity contribution in [2.24, 2.45) is 5.92 Å². The third-order valence-corrected chi connectivity index (χ3v) is 6.98. The topological polar surface area (TPSA) is 0 Å². The minimum Gasteiger partial charge on any atom is -0.207 e. The van der Waals surface area contributed by atoms with Gasteiger partial charge in [-0.3, -0.25) is 0 Å². The van der Waals surface area contributed by atoms with Gasteiger partial charge in [0.05, 0.1) is 5.56 Å². The molecule has 3 aromatic carbocycles. The molecule has 0 nitrogen and oxygen atoms in total.